The summed E-state index contributed by atoms with van der Waals surface area (Å²) in [5.41, 5.74) is 11.6. The van der Waals surface area contributed by atoms with Crippen LogP contribution in [0.5, 0.6) is 0 Å². The number of aromatic amines is 1. The number of nitrogens with two attached hydrogens (primary N) is 2. The lowest BCUT2D eigenvalue weighted by Gasteiger charge is -2.14. The molecule has 4 heteroatoms. The Balaban J connectivity index is 2.96. The zero-order valence-electron chi connectivity index (χ0n) is 6.18. The van der Waals surface area contributed by atoms with Crippen molar-refractivity contribution in [2.24, 2.45) is 5.73 Å². The normalized spacial score (nSPS) is 11.9. The van der Waals surface area contributed by atoms with Crippen LogP contribution in [-0.2, 0) is 5.54 Å². The molecule has 0 aliphatic carbocycles. The number of hydrogen-bond acceptors (Lipinski definition) is 3. The van der Waals surface area contributed by atoms with Gasteiger partial charge in [0, 0.05) is 0 Å². The highest BCUT2D eigenvalue weighted by molar-refractivity contribution is 5.22. The molecule has 1 heterocycles. The maximum absolute atomic E-state index is 5.74. The number of anilines is 1. The van der Waals surface area contributed by atoms with Gasteiger partial charge in [-0.2, -0.15) is 0 Å². The van der Waals surface area contributed by atoms with E-state index >= 15 is 0 Å². The number of nitrogens with one attached hydrogen (secondary N) is 1. The van der Waals surface area contributed by atoms with Crippen LogP contribution in [0.4, 0.5) is 5.95 Å². The highest BCUT2D eigenvalue weighted by atomic mass is 15.0. The summed E-state index contributed by atoms with van der Waals surface area (Å²) in [5, 5.41) is 0. The largest absolute Gasteiger partial charge is 0.369 e. The van der Waals surface area contributed by atoms with E-state index in [4.69, 9.17) is 11.5 Å². The Kier molecular flexibility index (Phi) is 1.40. The molecule has 0 atom stereocenters. The Hall–Kier alpha value is -1.03. The van der Waals surface area contributed by atoms with Crippen LogP contribution >= 0.6 is 0 Å². The average molecular weight is 140 g/mol. The lowest BCUT2D eigenvalue weighted by Crippen LogP contribution is -2.29. The minimum atomic E-state index is -0.384. The number of imidazole rings is 1. The van der Waals surface area contributed by atoms with Gasteiger partial charge in [0.15, 0.2) is 5.95 Å². The van der Waals surface area contributed by atoms with Crippen LogP contribution in [0.25, 0.3) is 0 Å². The van der Waals surface area contributed by atoms with Crippen LogP contribution in [0.15, 0.2) is 6.20 Å². The predicted octanol–water partition coefficient (Wildman–Crippen LogP) is 0.186. The molecule has 1 aromatic heterocycles. The van der Waals surface area contributed by atoms with Crippen LogP contribution in [0.2, 0.25) is 0 Å². The SMILES string of the molecule is CC(C)(N)c1cnc(N)[nH]1. The molecule has 0 spiro atoms. The smallest absolute Gasteiger partial charge is 0.197 e. The summed E-state index contributed by atoms with van der Waals surface area (Å²) >= 11 is 0. The molecule has 0 fully saturated rings. The lowest BCUT2D eigenvalue weighted by molar-refractivity contribution is 0.538. The zero-order chi connectivity index (χ0) is 7.78. The monoisotopic (exact) mass is 140 g/mol. The van der Waals surface area contributed by atoms with E-state index in [9.17, 15) is 0 Å². The lowest BCUT2D eigenvalue weighted by atomic mass is 10.0. The topological polar surface area (TPSA) is 80.7 Å². The molecule has 0 bridgehead atoms. The van der Waals surface area contributed by atoms with Crippen LogP contribution < -0.4 is 11.5 Å². The Morgan fingerprint density at radius 3 is 2.40 bits per heavy atom. The number of aromatic nitrogens is 2. The van der Waals surface area contributed by atoms with E-state index in [1.165, 1.54) is 0 Å². The number of hydrogen-bond donors (Lipinski definition) is 3. The molecule has 1 rings (SSSR count). The Bertz CT molecular complexity index is 220. The summed E-state index contributed by atoms with van der Waals surface area (Å²) in [6, 6.07) is 0. The van der Waals surface area contributed by atoms with Gasteiger partial charge in [-0.3, -0.25) is 0 Å². The first-order valence-electron chi connectivity index (χ1n) is 3.10. The molecule has 0 saturated carbocycles. The van der Waals surface area contributed by atoms with Crippen LogP contribution in [-0.4, -0.2) is 9.97 Å². The fraction of sp³-hybridized carbons (Fsp3) is 0.500. The molecule has 1 aromatic rings. The molecule has 10 heavy (non-hydrogen) atoms. The standard InChI is InChI=1S/C6H12N4/c1-6(2,8)4-3-9-5(7)10-4/h3H,8H2,1-2H3,(H3,7,9,10). The first-order chi connectivity index (χ1) is 4.50. The molecule has 0 radical (unpaired) electrons. The van der Waals surface area contributed by atoms with Crippen molar-refractivity contribution in [3.63, 3.8) is 0 Å². The van der Waals surface area contributed by atoms with Gasteiger partial charge in [0.1, 0.15) is 0 Å². The number of nitrogen functional groups attached to an aromatic ring is 1. The zero-order valence-corrected chi connectivity index (χ0v) is 6.18. The Morgan fingerprint density at radius 1 is 1.60 bits per heavy atom. The van der Waals surface area contributed by atoms with E-state index in [1.807, 2.05) is 13.8 Å². The number of nitrogens with zero attached hydrogens (tertiary/aromatic N) is 1. The van der Waals surface area contributed by atoms with Crippen molar-refractivity contribution < 1.29 is 0 Å². The summed E-state index contributed by atoms with van der Waals surface area (Å²) in [4.78, 5) is 6.68. The quantitative estimate of drug-likeness (QED) is 0.520. The molecule has 5 N–H and O–H groups in total. The third kappa shape index (κ3) is 1.27. The number of H-pyrrole nitrogens is 1. The maximum Gasteiger partial charge on any atom is 0.197 e. The van der Waals surface area contributed by atoms with Crippen LogP contribution in [0, 0.1) is 0 Å². The second-order valence-electron chi connectivity index (χ2n) is 2.90. The summed E-state index contributed by atoms with van der Waals surface area (Å²) < 4.78 is 0. The molecule has 0 aromatic carbocycles. The van der Waals surface area contributed by atoms with E-state index in [0.29, 0.717) is 5.95 Å². The highest BCUT2D eigenvalue weighted by Gasteiger charge is 2.15. The fourth-order valence-corrected chi connectivity index (χ4v) is 0.664. The van der Waals surface area contributed by atoms with Crippen molar-refractivity contribution in [1.82, 2.24) is 9.97 Å². The van der Waals surface area contributed by atoms with E-state index in [-0.39, 0.29) is 5.54 Å². The molecule has 0 aliphatic rings. The minimum absolute atomic E-state index is 0.384. The van der Waals surface area contributed by atoms with Gasteiger partial charge in [0.05, 0.1) is 17.4 Å². The second-order valence-corrected chi connectivity index (χ2v) is 2.90. The van der Waals surface area contributed by atoms with Gasteiger partial charge in [-0.15, -0.1) is 0 Å². The highest BCUT2D eigenvalue weighted by Crippen LogP contribution is 2.13. The maximum atomic E-state index is 5.74. The molecule has 0 aliphatic heterocycles. The van der Waals surface area contributed by atoms with Crippen molar-refractivity contribution in [2.45, 2.75) is 19.4 Å². The van der Waals surface area contributed by atoms with Gasteiger partial charge in [-0.25, -0.2) is 4.98 Å². The van der Waals surface area contributed by atoms with Crippen molar-refractivity contribution in [1.29, 1.82) is 0 Å². The van der Waals surface area contributed by atoms with Crippen molar-refractivity contribution in [2.75, 3.05) is 5.73 Å². The molecular weight excluding hydrogens is 128 g/mol. The van der Waals surface area contributed by atoms with Crippen LogP contribution in [0.1, 0.15) is 19.5 Å². The Morgan fingerprint density at radius 2 is 2.20 bits per heavy atom. The summed E-state index contributed by atoms with van der Waals surface area (Å²) in [6.45, 7) is 3.78. The minimum Gasteiger partial charge on any atom is -0.369 e. The van der Waals surface area contributed by atoms with E-state index < -0.39 is 0 Å². The molecule has 0 unspecified atom stereocenters. The van der Waals surface area contributed by atoms with E-state index in [0.717, 1.165) is 5.69 Å². The predicted molar refractivity (Wildman–Crippen MR) is 40.2 cm³/mol. The first-order valence-corrected chi connectivity index (χ1v) is 3.10. The average Bonchev–Trinajstić information content (AvgIpc) is 2.11. The molecule has 4 nitrogen and oxygen atoms in total. The summed E-state index contributed by atoms with van der Waals surface area (Å²) in [6.07, 6.45) is 1.65. The van der Waals surface area contributed by atoms with Gasteiger partial charge in [0.2, 0.25) is 0 Å². The molecule has 0 saturated heterocycles. The third-order valence-corrected chi connectivity index (χ3v) is 1.29. The van der Waals surface area contributed by atoms with Gasteiger partial charge in [-0.1, -0.05) is 0 Å². The fourth-order valence-electron chi connectivity index (χ4n) is 0.664. The third-order valence-electron chi connectivity index (χ3n) is 1.29. The van der Waals surface area contributed by atoms with Crippen molar-refractivity contribution >= 4 is 5.95 Å². The van der Waals surface area contributed by atoms with Gasteiger partial charge < -0.3 is 16.5 Å². The van der Waals surface area contributed by atoms with Gasteiger partial charge in [-0.05, 0) is 13.8 Å². The van der Waals surface area contributed by atoms with E-state index in [1.54, 1.807) is 6.20 Å². The first kappa shape index (κ1) is 7.08. The Labute approximate surface area is 59.6 Å². The number of rotatable bonds is 1. The van der Waals surface area contributed by atoms with Gasteiger partial charge in [0.25, 0.3) is 0 Å². The second kappa shape index (κ2) is 1.98. The van der Waals surface area contributed by atoms with Crippen LogP contribution in [0.3, 0.4) is 0 Å². The summed E-state index contributed by atoms with van der Waals surface area (Å²) in [7, 11) is 0. The molecule has 0 amide bonds. The molecular formula is C6H12N4. The van der Waals surface area contributed by atoms with Crippen molar-refractivity contribution in [3.05, 3.63) is 11.9 Å². The van der Waals surface area contributed by atoms with E-state index in [2.05, 4.69) is 9.97 Å². The summed E-state index contributed by atoms with van der Waals surface area (Å²) in [5.74, 6) is 0.411. The van der Waals surface area contributed by atoms with Gasteiger partial charge >= 0.3 is 0 Å². The molecule has 56 valence electrons. The van der Waals surface area contributed by atoms with Crippen molar-refractivity contribution in [3.8, 4) is 0 Å².